The number of carbonyl (C=O) groups is 2. The van der Waals surface area contributed by atoms with Crippen LogP contribution in [0.4, 0.5) is 5.69 Å². The van der Waals surface area contributed by atoms with E-state index in [1.807, 2.05) is 38.1 Å². The summed E-state index contributed by atoms with van der Waals surface area (Å²) < 4.78 is 0. The van der Waals surface area contributed by atoms with E-state index in [2.05, 4.69) is 24.5 Å². The first-order valence-corrected chi connectivity index (χ1v) is 8.73. The fourth-order valence-electron chi connectivity index (χ4n) is 2.41. The third-order valence-corrected chi connectivity index (χ3v) is 4.25. The van der Waals surface area contributed by atoms with Crippen molar-refractivity contribution in [2.45, 2.75) is 46.1 Å². The van der Waals surface area contributed by atoms with Gasteiger partial charge < -0.3 is 10.6 Å². The molecular weight excluding hydrogens is 312 g/mol. The van der Waals surface area contributed by atoms with Crippen LogP contribution in [0.5, 0.6) is 0 Å². The lowest BCUT2D eigenvalue weighted by Crippen LogP contribution is -2.32. The molecule has 0 heterocycles. The molecule has 0 spiro atoms. The maximum Gasteiger partial charge on any atom is 0.255 e. The molecule has 25 heavy (non-hydrogen) atoms. The lowest BCUT2D eigenvalue weighted by Gasteiger charge is -2.15. The maximum atomic E-state index is 12.5. The Kier molecular flexibility index (Phi) is 6.34. The number of hydrogen-bond acceptors (Lipinski definition) is 2. The van der Waals surface area contributed by atoms with Gasteiger partial charge in [0.1, 0.15) is 0 Å². The van der Waals surface area contributed by atoms with Gasteiger partial charge in [-0.3, -0.25) is 9.59 Å². The van der Waals surface area contributed by atoms with Gasteiger partial charge in [0, 0.05) is 11.6 Å². The predicted octanol–water partition coefficient (Wildman–Crippen LogP) is 4.59. The van der Waals surface area contributed by atoms with Crippen molar-refractivity contribution < 1.29 is 9.59 Å². The van der Waals surface area contributed by atoms with Crippen molar-refractivity contribution >= 4 is 17.5 Å². The predicted molar refractivity (Wildman–Crippen MR) is 102 cm³/mol. The van der Waals surface area contributed by atoms with Crippen LogP contribution >= 0.6 is 0 Å². The number of anilines is 1. The zero-order chi connectivity index (χ0) is 18.4. The average molecular weight is 338 g/mol. The smallest absolute Gasteiger partial charge is 0.255 e. The van der Waals surface area contributed by atoms with E-state index >= 15 is 0 Å². The summed E-state index contributed by atoms with van der Waals surface area (Å²) in [5.74, 6) is 0.0154. The number of amides is 2. The second-order valence-electron chi connectivity index (χ2n) is 6.56. The standard InChI is InChI=1S/C21H26N2O2/c1-5-15(4)22-21(25)18-8-6-7-9-19(18)23-20(24)17-12-10-16(11-13-17)14(2)3/h6-15H,5H2,1-4H3,(H,22,25)(H,23,24). The zero-order valence-corrected chi connectivity index (χ0v) is 15.3. The molecule has 2 aromatic rings. The van der Waals surface area contributed by atoms with Crippen LogP contribution in [0.1, 0.15) is 66.3 Å². The molecule has 2 aromatic carbocycles. The minimum absolute atomic E-state index is 0.0832. The Bertz CT molecular complexity index is 736. The van der Waals surface area contributed by atoms with Crippen LogP contribution in [0.25, 0.3) is 0 Å². The van der Waals surface area contributed by atoms with Crippen LogP contribution in [0.3, 0.4) is 0 Å². The van der Waals surface area contributed by atoms with E-state index in [4.69, 9.17) is 0 Å². The number of carbonyl (C=O) groups excluding carboxylic acids is 2. The Morgan fingerprint density at radius 3 is 2.16 bits per heavy atom. The molecule has 0 bridgehead atoms. The van der Waals surface area contributed by atoms with Crippen LogP contribution in [0, 0.1) is 0 Å². The molecule has 2 rings (SSSR count). The molecule has 4 heteroatoms. The van der Waals surface area contributed by atoms with Crippen molar-refractivity contribution in [1.29, 1.82) is 0 Å². The monoisotopic (exact) mass is 338 g/mol. The minimum Gasteiger partial charge on any atom is -0.350 e. The summed E-state index contributed by atoms with van der Waals surface area (Å²) >= 11 is 0. The molecule has 2 N–H and O–H groups in total. The normalized spacial score (nSPS) is 11.9. The van der Waals surface area contributed by atoms with Gasteiger partial charge >= 0.3 is 0 Å². The third kappa shape index (κ3) is 4.92. The van der Waals surface area contributed by atoms with Gasteiger partial charge in [-0.25, -0.2) is 0 Å². The van der Waals surface area contributed by atoms with Gasteiger partial charge in [-0.2, -0.15) is 0 Å². The first kappa shape index (κ1) is 18.7. The fourth-order valence-corrected chi connectivity index (χ4v) is 2.41. The van der Waals surface area contributed by atoms with Gasteiger partial charge in [-0.15, -0.1) is 0 Å². The Balaban J connectivity index is 2.17. The molecule has 0 aromatic heterocycles. The fraction of sp³-hybridized carbons (Fsp3) is 0.333. The van der Waals surface area contributed by atoms with E-state index in [1.165, 1.54) is 5.56 Å². The van der Waals surface area contributed by atoms with Crippen molar-refractivity contribution in [2.75, 3.05) is 5.32 Å². The molecule has 0 aliphatic heterocycles. The number of para-hydroxylation sites is 1. The minimum atomic E-state index is -0.223. The van der Waals surface area contributed by atoms with Gasteiger partial charge in [-0.05, 0) is 49.1 Å². The highest BCUT2D eigenvalue weighted by molar-refractivity contribution is 6.09. The first-order valence-electron chi connectivity index (χ1n) is 8.73. The summed E-state index contributed by atoms with van der Waals surface area (Å²) in [5.41, 5.74) is 2.74. The molecule has 0 radical (unpaired) electrons. The summed E-state index contributed by atoms with van der Waals surface area (Å²) in [6, 6.07) is 14.7. The highest BCUT2D eigenvalue weighted by Crippen LogP contribution is 2.18. The summed E-state index contributed by atoms with van der Waals surface area (Å²) in [4.78, 5) is 24.9. The summed E-state index contributed by atoms with van der Waals surface area (Å²) in [7, 11) is 0. The van der Waals surface area contributed by atoms with Crippen molar-refractivity contribution in [2.24, 2.45) is 0 Å². The molecule has 0 saturated heterocycles. The molecule has 4 nitrogen and oxygen atoms in total. The highest BCUT2D eigenvalue weighted by atomic mass is 16.2. The second kappa shape index (κ2) is 8.47. The molecular formula is C21H26N2O2. The third-order valence-electron chi connectivity index (χ3n) is 4.25. The summed E-state index contributed by atoms with van der Waals surface area (Å²) in [6.45, 7) is 8.19. The SMILES string of the molecule is CCC(C)NC(=O)c1ccccc1NC(=O)c1ccc(C(C)C)cc1. The topological polar surface area (TPSA) is 58.2 Å². The van der Waals surface area contributed by atoms with Gasteiger partial charge in [-0.1, -0.05) is 45.0 Å². The number of rotatable bonds is 6. The van der Waals surface area contributed by atoms with E-state index in [-0.39, 0.29) is 17.9 Å². The number of hydrogen-bond donors (Lipinski definition) is 2. The van der Waals surface area contributed by atoms with Crippen LogP contribution in [-0.4, -0.2) is 17.9 Å². The molecule has 0 fully saturated rings. The number of nitrogens with one attached hydrogen (secondary N) is 2. The van der Waals surface area contributed by atoms with E-state index in [1.54, 1.807) is 24.3 Å². The lowest BCUT2D eigenvalue weighted by molar-refractivity contribution is 0.0940. The summed E-state index contributed by atoms with van der Waals surface area (Å²) in [6.07, 6.45) is 0.850. The van der Waals surface area contributed by atoms with Crippen LogP contribution in [-0.2, 0) is 0 Å². The Hall–Kier alpha value is -2.62. The molecule has 132 valence electrons. The molecule has 1 unspecified atom stereocenters. The van der Waals surface area contributed by atoms with Crippen molar-refractivity contribution in [3.63, 3.8) is 0 Å². The molecule has 1 atom stereocenters. The van der Waals surface area contributed by atoms with Gasteiger partial charge in [0.2, 0.25) is 0 Å². The van der Waals surface area contributed by atoms with Crippen LogP contribution in [0.2, 0.25) is 0 Å². The molecule has 2 amide bonds. The van der Waals surface area contributed by atoms with E-state index in [9.17, 15) is 9.59 Å². The first-order chi connectivity index (χ1) is 11.9. The van der Waals surface area contributed by atoms with Gasteiger partial charge in [0.25, 0.3) is 11.8 Å². The van der Waals surface area contributed by atoms with Gasteiger partial charge in [0.15, 0.2) is 0 Å². The zero-order valence-electron chi connectivity index (χ0n) is 15.3. The number of benzene rings is 2. The van der Waals surface area contributed by atoms with Crippen LogP contribution < -0.4 is 10.6 Å². The maximum absolute atomic E-state index is 12.5. The van der Waals surface area contributed by atoms with Crippen molar-refractivity contribution in [1.82, 2.24) is 5.32 Å². The van der Waals surface area contributed by atoms with E-state index in [0.717, 1.165) is 6.42 Å². The van der Waals surface area contributed by atoms with Gasteiger partial charge in [0.05, 0.1) is 11.3 Å². The Morgan fingerprint density at radius 2 is 1.56 bits per heavy atom. The Morgan fingerprint density at radius 1 is 0.920 bits per heavy atom. The second-order valence-corrected chi connectivity index (χ2v) is 6.56. The quantitative estimate of drug-likeness (QED) is 0.809. The van der Waals surface area contributed by atoms with Crippen LogP contribution in [0.15, 0.2) is 48.5 Å². The lowest BCUT2D eigenvalue weighted by atomic mass is 10.0. The average Bonchev–Trinajstić information content (AvgIpc) is 2.61. The molecule has 0 aliphatic carbocycles. The van der Waals surface area contributed by atoms with E-state index in [0.29, 0.717) is 22.7 Å². The Labute approximate surface area is 149 Å². The van der Waals surface area contributed by atoms with E-state index < -0.39 is 0 Å². The van der Waals surface area contributed by atoms with Crippen molar-refractivity contribution in [3.8, 4) is 0 Å². The van der Waals surface area contributed by atoms with Crippen molar-refractivity contribution in [3.05, 3.63) is 65.2 Å². The highest BCUT2D eigenvalue weighted by Gasteiger charge is 2.15. The summed E-state index contributed by atoms with van der Waals surface area (Å²) in [5, 5.41) is 5.78. The largest absolute Gasteiger partial charge is 0.350 e. The molecule has 0 saturated carbocycles. The molecule has 0 aliphatic rings.